The molecule has 4 nitrogen and oxygen atoms in total. The third-order valence-electron chi connectivity index (χ3n) is 3.91. The van der Waals surface area contributed by atoms with Gasteiger partial charge in [-0.05, 0) is 25.0 Å². The van der Waals surface area contributed by atoms with Crippen molar-refractivity contribution in [3.63, 3.8) is 0 Å². The summed E-state index contributed by atoms with van der Waals surface area (Å²) in [5.74, 6) is -0.969. The molecule has 6 heteroatoms. The first kappa shape index (κ1) is 15.7. The largest absolute Gasteiger partial charge is 0.384 e. The van der Waals surface area contributed by atoms with Gasteiger partial charge in [0.05, 0.1) is 13.2 Å². The lowest BCUT2D eigenvalue weighted by molar-refractivity contribution is 0.0802. The highest BCUT2D eigenvalue weighted by Crippen LogP contribution is 2.27. The zero-order valence-electron chi connectivity index (χ0n) is 12.2. The molecule has 0 aliphatic heterocycles. The van der Waals surface area contributed by atoms with E-state index in [1.54, 1.807) is 7.11 Å². The average Bonchev–Trinajstić information content (AvgIpc) is 2.44. The van der Waals surface area contributed by atoms with Crippen LogP contribution in [-0.4, -0.2) is 37.7 Å². The zero-order valence-corrected chi connectivity index (χ0v) is 12.2. The summed E-state index contributed by atoms with van der Waals surface area (Å²) in [4.78, 5) is 13.3. The SMILES string of the molecule is COC[C@H]1CC[C@H]1NC(=O)N(C)Cc1c(F)cccc1F. The summed E-state index contributed by atoms with van der Waals surface area (Å²) in [6.45, 7) is 0.503. The number of nitrogens with zero attached hydrogens (tertiary/aromatic N) is 1. The first-order valence-electron chi connectivity index (χ1n) is 6.96. The van der Waals surface area contributed by atoms with Crippen molar-refractivity contribution in [2.75, 3.05) is 20.8 Å². The zero-order chi connectivity index (χ0) is 15.4. The van der Waals surface area contributed by atoms with E-state index in [0.29, 0.717) is 12.5 Å². The number of amides is 2. The van der Waals surface area contributed by atoms with Crippen LogP contribution in [0.25, 0.3) is 0 Å². The molecule has 0 unspecified atom stereocenters. The number of urea groups is 1. The fraction of sp³-hybridized carbons (Fsp3) is 0.533. The van der Waals surface area contributed by atoms with E-state index >= 15 is 0 Å². The first-order valence-corrected chi connectivity index (χ1v) is 6.96. The van der Waals surface area contributed by atoms with E-state index in [1.807, 2.05) is 0 Å². The third-order valence-corrected chi connectivity index (χ3v) is 3.91. The second-order valence-corrected chi connectivity index (χ2v) is 5.41. The molecule has 2 atom stereocenters. The molecule has 1 aliphatic carbocycles. The lowest BCUT2D eigenvalue weighted by Crippen LogP contribution is -2.51. The Bertz CT molecular complexity index is 490. The van der Waals surface area contributed by atoms with Crippen LogP contribution in [0.1, 0.15) is 18.4 Å². The molecule has 0 radical (unpaired) electrons. The number of rotatable bonds is 5. The van der Waals surface area contributed by atoms with Gasteiger partial charge in [0.25, 0.3) is 0 Å². The Balaban J connectivity index is 1.91. The van der Waals surface area contributed by atoms with Crippen molar-refractivity contribution in [3.8, 4) is 0 Å². The molecule has 0 bridgehead atoms. The van der Waals surface area contributed by atoms with Crippen LogP contribution in [0.5, 0.6) is 0 Å². The van der Waals surface area contributed by atoms with Gasteiger partial charge in [-0.25, -0.2) is 13.6 Å². The molecule has 1 aromatic carbocycles. The lowest BCUT2D eigenvalue weighted by Gasteiger charge is -2.37. The third kappa shape index (κ3) is 3.69. The molecule has 21 heavy (non-hydrogen) atoms. The molecular formula is C15H20F2N2O2. The fourth-order valence-electron chi connectivity index (χ4n) is 2.43. The van der Waals surface area contributed by atoms with Gasteiger partial charge in [-0.1, -0.05) is 6.07 Å². The number of halogens is 2. The molecule has 1 aromatic rings. The van der Waals surface area contributed by atoms with Gasteiger partial charge in [0.1, 0.15) is 11.6 Å². The predicted octanol–water partition coefficient (Wildman–Crippen LogP) is 2.53. The monoisotopic (exact) mass is 298 g/mol. The maximum atomic E-state index is 13.6. The summed E-state index contributed by atoms with van der Waals surface area (Å²) in [5, 5.41) is 2.87. The van der Waals surface area contributed by atoms with Gasteiger partial charge >= 0.3 is 6.03 Å². The van der Waals surface area contributed by atoms with E-state index in [0.717, 1.165) is 12.8 Å². The second-order valence-electron chi connectivity index (χ2n) is 5.41. The topological polar surface area (TPSA) is 41.6 Å². The van der Waals surface area contributed by atoms with Crippen molar-refractivity contribution in [1.29, 1.82) is 0 Å². The summed E-state index contributed by atoms with van der Waals surface area (Å²) in [6, 6.07) is 3.42. The van der Waals surface area contributed by atoms with E-state index in [9.17, 15) is 13.6 Å². The first-order chi connectivity index (χ1) is 10.0. The quantitative estimate of drug-likeness (QED) is 0.907. The van der Waals surface area contributed by atoms with Crippen LogP contribution in [0, 0.1) is 17.6 Å². The van der Waals surface area contributed by atoms with Crippen LogP contribution in [0.15, 0.2) is 18.2 Å². The van der Waals surface area contributed by atoms with Crippen molar-refractivity contribution in [2.45, 2.75) is 25.4 Å². The number of hydrogen-bond acceptors (Lipinski definition) is 2. The number of methoxy groups -OCH3 is 1. The summed E-state index contributed by atoms with van der Waals surface area (Å²) in [6.07, 6.45) is 1.92. The maximum Gasteiger partial charge on any atom is 0.317 e. The molecule has 116 valence electrons. The van der Waals surface area contributed by atoms with Crippen LogP contribution in [0.3, 0.4) is 0 Å². The van der Waals surface area contributed by atoms with Crippen LogP contribution in [0.2, 0.25) is 0 Å². The Kier molecular flexibility index (Phi) is 5.12. The van der Waals surface area contributed by atoms with Crippen molar-refractivity contribution < 1.29 is 18.3 Å². The minimum atomic E-state index is -0.643. The highest BCUT2D eigenvalue weighted by molar-refractivity contribution is 5.74. The second kappa shape index (κ2) is 6.85. The molecule has 1 aliphatic rings. The Labute approximate surface area is 123 Å². The van der Waals surface area contributed by atoms with Crippen molar-refractivity contribution in [1.82, 2.24) is 10.2 Å². The van der Waals surface area contributed by atoms with Crippen LogP contribution < -0.4 is 5.32 Å². The molecule has 2 amide bonds. The molecule has 0 saturated heterocycles. The molecule has 1 saturated carbocycles. The summed E-state index contributed by atoms with van der Waals surface area (Å²) in [5.41, 5.74) is -0.0998. The van der Waals surface area contributed by atoms with Gasteiger partial charge < -0.3 is 15.0 Å². The Hall–Kier alpha value is -1.69. The van der Waals surface area contributed by atoms with E-state index < -0.39 is 11.6 Å². The molecule has 2 rings (SSSR count). The smallest absolute Gasteiger partial charge is 0.317 e. The van der Waals surface area contributed by atoms with Gasteiger partial charge in [0.15, 0.2) is 0 Å². The normalized spacial score (nSPS) is 20.8. The number of ether oxygens (including phenoxy) is 1. The molecule has 0 spiro atoms. The number of nitrogens with one attached hydrogen (secondary N) is 1. The fourth-order valence-corrected chi connectivity index (χ4v) is 2.43. The molecule has 0 heterocycles. The standard InChI is InChI=1S/C15H20F2N2O2/c1-19(8-11-12(16)4-3-5-13(11)17)15(20)18-14-7-6-10(14)9-21-2/h3-5,10,14H,6-9H2,1-2H3,(H,18,20)/t10-,14-/m1/s1. The van der Waals surface area contributed by atoms with Crippen molar-refractivity contribution in [2.24, 2.45) is 5.92 Å². The number of hydrogen-bond donors (Lipinski definition) is 1. The van der Waals surface area contributed by atoms with Crippen LogP contribution in [0.4, 0.5) is 13.6 Å². The van der Waals surface area contributed by atoms with E-state index in [2.05, 4.69) is 5.32 Å². The molecule has 1 N–H and O–H groups in total. The van der Waals surface area contributed by atoms with Gasteiger partial charge in [0, 0.05) is 31.7 Å². The molecule has 1 fully saturated rings. The number of benzene rings is 1. The Morgan fingerprint density at radius 3 is 2.57 bits per heavy atom. The van der Waals surface area contributed by atoms with Gasteiger partial charge in [0.2, 0.25) is 0 Å². The summed E-state index contributed by atoms with van der Waals surface area (Å²) >= 11 is 0. The number of carbonyl (C=O) groups excluding carboxylic acids is 1. The van der Waals surface area contributed by atoms with Gasteiger partial charge in [-0.15, -0.1) is 0 Å². The molecule has 0 aromatic heterocycles. The van der Waals surface area contributed by atoms with Gasteiger partial charge in [-0.2, -0.15) is 0 Å². The summed E-state index contributed by atoms with van der Waals surface area (Å²) in [7, 11) is 3.15. The van der Waals surface area contributed by atoms with Crippen LogP contribution >= 0.6 is 0 Å². The van der Waals surface area contributed by atoms with E-state index in [-0.39, 0.29) is 24.2 Å². The predicted molar refractivity (Wildman–Crippen MR) is 74.7 cm³/mol. The van der Waals surface area contributed by atoms with Crippen molar-refractivity contribution in [3.05, 3.63) is 35.4 Å². The molecular weight excluding hydrogens is 278 g/mol. The lowest BCUT2D eigenvalue weighted by atomic mass is 9.80. The highest BCUT2D eigenvalue weighted by Gasteiger charge is 2.32. The minimum absolute atomic E-state index is 0.0744. The summed E-state index contributed by atoms with van der Waals surface area (Å²) < 4.78 is 32.2. The van der Waals surface area contributed by atoms with E-state index in [1.165, 1.54) is 30.1 Å². The highest BCUT2D eigenvalue weighted by atomic mass is 19.1. The number of carbonyl (C=O) groups is 1. The Morgan fingerprint density at radius 2 is 2.05 bits per heavy atom. The van der Waals surface area contributed by atoms with Crippen LogP contribution in [-0.2, 0) is 11.3 Å². The maximum absolute atomic E-state index is 13.6. The Morgan fingerprint density at radius 1 is 1.38 bits per heavy atom. The minimum Gasteiger partial charge on any atom is -0.384 e. The average molecular weight is 298 g/mol. The van der Waals surface area contributed by atoms with Crippen molar-refractivity contribution >= 4 is 6.03 Å². The van der Waals surface area contributed by atoms with E-state index in [4.69, 9.17) is 4.74 Å². The van der Waals surface area contributed by atoms with Gasteiger partial charge in [-0.3, -0.25) is 0 Å².